The molecule has 40 nitrogen and oxygen atoms in total. The molecular weight excluding hydrogens is 1240 g/mol. The van der Waals surface area contributed by atoms with Gasteiger partial charge in [-0.15, -0.1) is 12.4 Å². The van der Waals surface area contributed by atoms with Gasteiger partial charge in [0.25, 0.3) is 0 Å². The molecule has 0 amide bonds. The zero-order valence-corrected chi connectivity index (χ0v) is 48.3. The Labute approximate surface area is 512 Å². The van der Waals surface area contributed by atoms with Crippen molar-refractivity contribution in [3.63, 3.8) is 0 Å². The fraction of sp³-hybridized carbons (Fsp3) is 1.00. The number of ether oxygens (including phenoxy) is 16. The lowest BCUT2D eigenvalue weighted by molar-refractivity contribution is -0.398. The molecule has 30 rings (SSSR count). The molecule has 30 aliphatic heterocycles. The van der Waals surface area contributed by atoms with Gasteiger partial charge in [-0.3, -0.25) is 0 Å². The second-order valence-corrected chi connectivity index (χ2v) is 22.9. The van der Waals surface area contributed by atoms with Crippen molar-refractivity contribution < 1.29 is 157 Å². The Morgan fingerprint density at radius 1 is 0.157 bits per heavy atom. The van der Waals surface area contributed by atoms with Gasteiger partial charge in [-0.2, -0.15) is 0 Å². The molecule has 0 aromatic carbocycles. The maximum absolute atomic E-state index is 11.5. The van der Waals surface area contributed by atoms with Crippen LogP contribution in [0.4, 0.5) is 0 Å². The van der Waals surface area contributed by atoms with Crippen molar-refractivity contribution in [2.75, 3.05) is 52.4 Å². The molecular formula is C48H89ClN8O32. The van der Waals surface area contributed by atoms with Gasteiger partial charge in [0, 0.05) is 52.4 Å². The summed E-state index contributed by atoms with van der Waals surface area (Å²) in [6.07, 6.45) is -73.2. The summed E-state index contributed by atoms with van der Waals surface area (Å²) < 4.78 is 94.5. The minimum Gasteiger partial charge on any atom is -0.387 e. The van der Waals surface area contributed by atoms with Crippen molar-refractivity contribution in [2.45, 2.75) is 246 Å². The van der Waals surface area contributed by atoms with Crippen LogP contribution in [0.1, 0.15) is 0 Å². The zero-order chi connectivity index (χ0) is 64.1. The third kappa shape index (κ3) is 14.6. The van der Waals surface area contributed by atoms with Crippen molar-refractivity contribution in [1.82, 2.24) is 0 Å². The highest BCUT2D eigenvalue weighted by Crippen LogP contribution is 2.39. The Balaban J connectivity index is 0.0000102. The quantitative estimate of drug-likeness (QED) is 0.107. The molecule has 30 fully saturated rings. The van der Waals surface area contributed by atoms with E-state index in [4.69, 9.17) is 122 Å². The molecule has 30 aliphatic rings. The lowest BCUT2D eigenvalue weighted by atomic mass is 9.94. The SMILES string of the molecule is Cl.NC[C@H]1O[C@H]2O[C@H]3[C@H](O)[C@@H](O)[C@@H](O[C@H]4[C@H](O)[C@@H](O)[C@@H](O[C@H]5[C@H](O)[C@@H](O)[C@@H](O[C@H]6[C@H](O)[C@@H](O)[C@@H](O[C@H]7[C@H](O)[C@@H](O)[C@@H](O[C@H]8[C@H](O)[C@@H](O)[C@@H](O[C@H]9[C@H](O)[C@@H](O)[C@@H](O[C@H]1[C@H](O)[C@H]2O)O[C@@H]9CN)O[C@@H]8CN)O[C@@H]7CN)O[C@@H]6CN)O[C@@H]5CN)O[C@@H]4CN)O[C@@H]3CN. The minimum atomic E-state index is -2.09. The molecule has 0 aromatic heterocycles. The average Bonchev–Trinajstić information content (AvgIpc) is 1.07. The predicted molar refractivity (Wildman–Crippen MR) is 284 cm³/mol. The Hall–Kier alpha value is -1.31. The van der Waals surface area contributed by atoms with Crippen molar-refractivity contribution in [3.05, 3.63) is 0 Å². The maximum atomic E-state index is 11.5. The first-order valence-corrected chi connectivity index (χ1v) is 28.9. The molecule has 40 atom stereocenters. The fourth-order valence-corrected chi connectivity index (χ4v) is 12.2. The van der Waals surface area contributed by atoms with E-state index < -0.39 is 298 Å². The van der Waals surface area contributed by atoms with Crippen LogP contribution in [0.15, 0.2) is 0 Å². The van der Waals surface area contributed by atoms with Gasteiger partial charge in [-0.25, -0.2) is 0 Å². The maximum Gasteiger partial charge on any atom is 0.187 e. The third-order valence-corrected chi connectivity index (χ3v) is 17.3. The van der Waals surface area contributed by atoms with Crippen LogP contribution >= 0.6 is 12.4 Å². The molecule has 30 saturated heterocycles. The number of nitrogens with two attached hydrogens (primary N) is 8. The first kappa shape index (κ1) is 73.5. The molecule has 0 spiro atoms. The van der Waals surface area contributed by atoms with Gasteiger partial charge in [-0.1, -0.05) is 0 Å². The Kier molecular flexibility index (Phi) is 25.8. The summed E-state index contributed by atoms with van der Waals surface area (Å²) >= 11 is 0. The first-order valence-electron chi connectivity index (χ1n) is 28.9. The summed E-state index contributed by atoms with van der Waals surface area (Å²) in [5, 5.41) is 184. The summed E-state index contributed by atoms with van der Waals surface area (Å²) in [6, 6.07) is 0. The van der Waals surface area contributed by atoms with E-state index in [1.54, 1.807) is 0 Å². The number of hydrogen-bond acceptors (Lipinski definition) is 40. The van der Waals surface area contributed by atoms with Gasteiger partial charge in [0.05, 0.1) is 0 Å². The molecule has 41 heteroatoms. The molecule has 0 saturated carbocycles. The number of hydrogen-bond donors (Lipinski definition) is 24. The van der Waals surface area contributed by atoms with E-state index in [-0.39, 0.29) is 12.4 Å². The largest absolute Gasteiger partial charge is 0.387 e. The van der Waals surface area contributed by atoms with E-state index in [2.05, 4.69) is 0 Å². The van der Waals surface area contributed by atoms with Gasteiger partial charge in [0.1, 0.15) is 195 Å². The second-order valence-electron chi connectivity index (χ2n) is 22.9. The van der Waals surface area contributed by atoms with Crippen LogP contribution in [0, 0.1) is 0 Å². The number of halogens is 1. The standard InChI is InChI=1S/C48H88N8O32.ClH/c49-1-9-33-17(57)25(65)41(73-9)82-34-10(2-50)75-43(27(67)19(34)59)84-36-12(4-52)77-45(29(69)21(36)61)86-38-14(6-54)79-47(31(71)23(38)63)88-40-16(8-56)80-48(32(72)24(40)64)87-39-15(7-55)78-46(30(70)22(39)62)85-37-13(5-53)76-44(28(68)20(37)60)83-35-11(3-51)74-42(81-33)26(66)18(35)58;/h9-48,57-72H,1-8,49-56H2;1H/t9-,10-,11-,12-,13-,14-,15-,16-,17-,18-,19-,20-,21-,22-,23-,24-,25-,26-,27-,28-,29-,30-,31-,32-,33-,34-,35-,36-,37-,38-,39-,40-,41-,42-,43-,44-,45-,46-,47-,48+;/m1./s1. The minimum absolute atomic E-state index is 0. The molecule has 520 valence electrons. The van der Waals surface area contributed by atoms with Crippen molar-refractivity contribution in [1.29, 1.82) is 0 Å². The van der Waals surface area contributed by atoms with Crippen molar-refractivity contribution in [2.24, 2.45) is 45.9 Å². The number of aliphatic hydroxyl groups is 16. The second kappa shape index (κ2) is 31.3. The highest BCUT2D eigenvalue weighted by molar-refractivity contribution is 5.85. The van der Waals surface area contributed by atoms with E-state index in [1.807, 2.05) is 0 Å². The van der Waals surface area contributed by atoms with Crippen LogP contribution in [0.5, 0.6) is 0 Å². The van der Waals surface area contributed by atoms with E-state index in [9.17, 15) is 81.7 Å². The summed E-state index contributed by atoms with van der Waals surface area (Å²) in [5.41, 5.74) is 48.3. The Bertz CT molecular complexity index is 1740. The van der Waals surface area contributed by atoms with E-state index in [0.29, 0.717) is 0 Å². The van der Waals surface area contributed by atoms with E-state index >= 15 is 0 Å². The van der Waals surface area contributed by atoms with Gasteiger partial charge in [0.2, 0.25) is 0 Å². The van der Waals surface area contributed by atoms with Crippen LogP contribution in [-0.4, -0.2) is 380 Å². The zero-order valence-electron chi connectivity index (χ0n) is 47.5. The third-order valence-electron chi connectivity index (χ3n) is 17.3. The van der Waals surface area contributed by atoms with E-state index in [1.165, 1.54) is 0 Å². The predicted octanol–water partition coefficient (Wildman–Crippen LogP) is -17.3. The van der Waals surface area contributed by atoms with Crippen molar-refractivity contribution >= 4 is 12.4 Å². The summed E-state index contributed by atoms with van der Waals surface area (Å²) in [5.74, 6) is 0. The molecule has 0 aromatic rings. The van der Waals surface area contributed by atoms with Crippen LogP contribution in [0.3, 0.4) is 0 Å². The molecule has 0 unspecified atom stereocenters. The topological polar surface area (TPSA) is 680 Å². The summed E-state index contributed by atoms with van der Waals surface area (Å²) in [6.45, 7) is -3.97. The monoisotopic (exact) mass is 1320 g/mol. The lowest BCUT2D eigenvalue weighted by Crippen LogP contribution is -2.69. The van der Waals surface area contributed by atoms with Crippen LogP contribution in [0.25, 0.3) is 0 Å². The average molecular weight is 1330 g/mol. The molecule has 16 bridgehead atoms. The van der Waals surface area contributed by atoms with Crippen molar-refractivity contribution in [3.8, 4) is 0 Å². The normalized spacial score (nSPS) is 54.7. The Morgan fingerprint density at radius 3 is 0.326 bits per heavy atom. The molecule has 30 heterocycles. The van der Waals surface area contributed by atoms with Gasteiger partial charge >= 0.3 is 0 Å². The van der Waals surface area contributed by atoms with Crippen LogP contribution in [0.2, 0.25) is 0 Å². The number of aliphatic hydroxyl groups excluding tert-OH is 16. The summed E-state index contributed by atoms with van der Waals surface area (Å²) in [7, 11) is 0. The van der Waals surface area contributed by atoms with Gasteiger partial charge in [0.15, 0.2) is 50.3 Å². The smallest absolute Gasteiger partial charge is 0.187 e. The first-order chi connectivity index (χ1) is 41.9. The summed E-state index contributed by atoms with van der Waals surface area (Å²) in [4.78, 5) is 0. The highest BCUT2D eigenvalue weighted by atomic mass is 35.5. The lowest BCUT2D eigenvalue weighted by Gasteiger charge is -2.51. The molecule has 0 radical (unpaired) electrons. The fourth-order valence-electron chi connectivity index (χ4n) is 12.2. The molecule has 32 N–H and O–H groups in total. The van der Waals surface area contributed by atoms with Gasteiger partial charge in [-0.05, 0) is 0 Å². The number of rotatable bonds is 8. The van der Waals surface area contributed by atoms with Gasteiger partial charge < -0.3 is 203 Å². The Morgan fingerprint density at radius 2 is 0.247 bits per heavy atom. The van der Waals surface area contributed by atoms with E-state index in [0.717, 1.165) is 0 Å². The molecule has 89 heavy (non-hydrogen) atoms. The highest BCUT2D eigenvalue weighted by Gasteiger charge is 2.60. The van der Waals surface area contributed by atoms with Crippen LogP contribution < -0.4 is 45.9 Å². The molecule has 0 aliphatic carbocycles. The van der Waals surface area contributed by atoms with Crippen LogP contribution in [-0.2, 0) is 75.8 Å².